The molecule has 110 valence electrons. The van der Waals surface area contributed by atoms with Crippen LogP contribution < -0.4 is 10.0 Å². The molecule has 0 saturated heterocycles. The number of thiophene rings is 1. The maximum Gasteiger partial charge on any atom is 0.264 e. The molecule has 2 aromatic heterocycles. The maximum atomic E-state index is 12.3. The van der Waals surface area contributed by atoms with Gasteiger partial charge in [0.1, 0.15) is 4.90 Å². The number of sulfonamides is 1. The number of thiazole rings is 1. The molecule has 0 aliphatic carbocycles. The number of halogens is 1. The Balaban J connectivity index is 2.25. The van der Waals surface area contributed by atoms with Gasteiger partial charge in [0.15, 0.2) is 5.13 Å². The van der Waals surface area contributed by atoms with Crippen molar-refractivity contribution in [2.45, 2.75) is 24.8 Å². The molecule has 1 atom stereocenters. The van der Waals surface area contributed by atoms with E-state index in [1.807, 2.05) is 19.4 Å². The van der Waals surface area contributed by atoms with Gasteiger partial charge in [0.05, 0.1) is 9.48 Å². The second-order valence-corrected chi connectivity index (χ2v) is 9.31. The van der Waals surface area contributed by atoms with Crippen LogP contribution in [0.25, 0.3) is 0 Å². The molecule has 0 fully saturated rings. The minimum Gasteiger partial charge on any atom is -0.312 e. The van der Waals surface area contributed by atoms with Gasteiger partial charge >= 0.3 is 0 Å². The average molecular weight is 396 g/mol. The van der Waals surface area contributed by atoms with Gasteiger partial charge in [-0.3, -0.25) is 4.72 Å². The van der Waals surface area contributed by atoms with Gasteiger partial charge in [-0.1, -0.05) is 0 Å². The lowest BCUT2D eigenvalue weighted by atomic mass is 10.3. The first-order chi connectivity index (χ1) is 9.33. The van der Waals surface area contributed by atoms with E-state index in [9.17, 15) is 8.42 Å². The standard InChI is InChI=1S/C11H14BrN3O2S3/c1-6(13-3)8-5-18-11(14-8)15-20(16,17)9-4-10(12)19-7(9)2/h4-6,13H,1-3H3,(H,14,15). The van der Waals surface area contributed by atoms with Gasteiger partial charge in [0, 0.05) is 16.3 Å². The van der Waals surface area contributed by atoms with Crippen molar-refractivity contribution in [1.82, 2.24) is 10.3 Å². The summed E-state index contributed by atoms with van der Waals surface area (Å²) in [5.74, 6) is 0. The molecule has 9 heteroatoms. The predicted molar refractivity (Wildman–Crippen MR) is 87.2 cm³/mol. The number of rotatable bonds is 5. The van der Waals surface area contributed by atoms with Gasteiger partial charge < -0.3 is 5.32 Å². The van der Waals surface area contributed by atoms with Crippen molar-refractivity contribution < 1.29 is 8.42 Å². The predicted octanol–water partition coefficient (Wildman–Crippen LogP) is 3.36. The fraction of sp³-hybridized carbons (Fsp3) is 0.364. The van der Waals surface area contributed by atoms with Crippen molar-refractivity contribution in [2.24, 2.45) is 0 Å². The Bertz CT molecular complexity index is 708. The summed E-state index contributed by atoms with van der Waals surface area (Å²) in [6, 6.07) is 1.69. The monoisotopic (exact) mass is 395 g/mol. The van der Waals surface area contributed by atoms with Gasteiger partial charge in [-0.15, -0.1) is 22.7 Å². The Morgan fingerprint density at radius 1 is 1.45 bits per heavy atom. The van der Waals surface area contributed by atoms with Crippen LogP contribution in [0.3, 0.4) is 0 Å². The molecule has 0 radical (unpaired) electrons. The molecule has 0 amide bonds. The van der Waals surface area contributed by atoms with Crippen molar-refractivity contribution in [3.8, 4) is 0 Å². The number of aromatic nitrogens is 1. The second-order valence-electron chi connectivity index (χ2n) is 4.16. The van der Waals surface area contributed by atoms with Crippen molar-refractivity contribution in [3.63, 3.8) is 0 Å². The molecule has 5 nitrogen and oxygen atoms in total. The third-order valence-corrected chi connectivity index (χ3v) is 6.80. The van der Waals surface area contributed by atoms with Crippen LogP contribution in [0.2, 0.25) is 0 Å². The molecule has 0 spiro atoms. The van der Waals surface area contributed by atoms with Crippen LogP contribution in [-0.4, -0.2) is 20.4 Å². The fourth-order valence-electron chi connectivity index (χ4n) is 1.55. The van der Waals surface area contributed by atoms with Crippen LogP contribution in [0.5, 0.6) is 0 Å². The number of hydrogen-bond donors (Lipinski definition) is 2. The Kier molecular flexibility index (Phi) is 4.85. The van der Waals surface area contributed by atoms with E-state index in [2.05, 4.69) is 31.0 Å². The number of nitrogens with zero attached hydrogens (tertiary/aromatic N) is 1. The van der Waals surface area contributed by atoms with Crippen LogP contribution in [0.1, 0.15) is 23.5 Å². The average Bonchev–Trinajstić information content (AvgIpc) is 2.95. The highest BCUT2D eigenvalue weighted by Gasteiger charge is 2.21. The molecule has 20 heavy (non-hydrogen) atoms. The molecule has 0 aliphatic heterocycles. The molecule has 1 unspecified atom stereocenters. The summed E-state index contributed by atoms with van der Waals surface area (Å²) in [6.45, 7) is 3.74. The third-order valence-electron chi connectivity index (χ3n) is 2.75. The molecular weight excluding hydrogens is 382 g/mol. The van der Waals surface area contributed by atoms with E-state index in [4.69, 9.17) is 0 Å². The van der Waals surface area contributed by atoms with Gasteiger partial charge in [0.2, 0.25) is 0 Å². The second kappa shape index (κ2) is 6.10. The van der Waals surface area contributed by atoms with Crippen molar-refractivity contribution >= 4 is 53.8 Å². The van der Waals surface area contributed by atoms with Crippen molar-refractivity contribution in [3.05, 3.63) is 25.8 Å². The van der Waals surface area contributed by atoms with E-state index < -0.39 is 10.0 Å². The van der Waals surface area contributed by atoms with Crippen molar-refractivity contribution in [1.29, 1.82) is 0 Å². The summed E-state index contributed by atoms with van der Waals surface area (Å²) in [6.07, 6.45) is 0. The summed E-state index contributed by atoms with van der Waals surface area (Å²) >= 11 is 5.97. The first-order valence-corrected chi connectivity index (χ1v) is 9.72. The van der Waals surface area contributed by atoms with Crippen LogP contribution >= 0.6 is 38.6 Å². The van der Waals surface area contributed by atoms with Crippen LogP contribution in [0.15, 0.2) is 20.1 Å². The molecule has 2 N–H and O–H groups in total. The fourth-order valence-corrected chi connectivity index (χ4v) is 6.02. The molecule has 0 bridgehead atoms. The number of nitrogens with one attached hydrogen (secondary N) is 2. The van der Waals surface area contributed by atoms with Crippen molar-refractivity contribution in [2.75, 3.05) is 11.8 Å². The summed E-state index contributed by atoms with van der Waals surface area (Å²) < 4.78 is 27.9. The first-order valence-electron chi connectivity index (χ1n) is 5.75. The number of anilines is 1. The van der Waals surface area contributed by atoms with E-state index in [1.165, 1.54) is 22.7 Å². The smallest absolute Gasteiger partial charge is 0.264 e. The molecule has 2 heterocycles. The Hall–Kier alpha value is -0.480. The van der Waals surface area contributed by atoms with Gasteiger partial charge in [0.25, 0.3) is 10.0 Å². The summed E-state index contributed by atoms with van der Waals surface area (Å²) in [7, 11) is -1.75. The van der Waals surface area contributed by atoms with E-state index in [0.29, 0.717) is 5.13 Å². The summed E-state index contributed by atoms with van der Waals surface area (Å²) in [5.41, 5.74) is 0.818. The highest BCUT2D eigenvalue weighted by Crippen LogP contribution is 2.31. The minimum atomic E-state index is -3.58. The molecule has 0 aliphatic rings. The zero-order chi connectivity index (χ0) is 14.9. The van der Waals surface area contributed by atoms with E-state index in [-0.39, 0.29) is 10.9 Å². The largest absolute Gasteiger partial charge is 0.312 e. The topological polar surface area (TPSA) is 71.1 Å². The van der Waals surface area contributed by atoms with E-state index in [0.717, 1.165) is 14.4 Å². The third kappa shape index (κ3) is 3.40. The SMILES string of the molecule is CNC(C)c1csc(NS(=O)(=O)c2cc(Br)sc2C)n1. The van der Waals surface area contributed by atoms with E-state index >= 15 is 0 Å². The van der Waals surface area contributed by atoms with Gasteiger partial charge in [-0.2, -0.15) is 0 Å². The Morgan fingerprint density at radius 2 is 2.15 bits per heavy atom. The number of hydrogen-bond acceptors (Lipinski definition) is 6. The van der Waals surface area contributed by atoms with Gasteiger partial charge in [-0.05, 0) is 42.9 Å². The highest BCUT2D eigenvalue weighted by molar-refractivity contribution is 9.11. The molecular formula is C11H14BrN3O2S3. The highest BCUT2D eigenvalue weighted by atomic mass is 79.9. The maximum absolute atomic E-state index is 12.3. The lowest BCUT2D eigenvalue weighted by Gasteiger charge is -2.06. The molecule has 0 aromatic carbocycles. The minimum absolute atomic E-state index is 0.0848. The zero-order valence-corrected chi connectivity index (χ0v) is 15.1. The first kappa shape index (κ1) is 15.9. The van der Waals surface area contributed by atoms with Gasteiger partial charge in [-0.25, -0.2) is 13.4 Å². The zero-order valence-electron chi connectivity index (χ0n) is 11.1. The van der Waals surface area contributed by atoms with E-state index in [1.54, 1.807) is 13.0 Å². The quantitative estimate of drug-likeness (QED) is 0.813. The lowest BCUT2D eigenvalue weighted by molar-refractivity contribution is 0.601. The molecule has 2 rings (SSSR count). The van der Waals surface area contributed by atoms with Crippen LogP contribution in [0.4, 0.5) is 5.13 Å². The lowest BCUT2D eigenvalue weighted by Crippen LogP contribution is -2.14. The van der Waals surface area contributed by atoms with Crippen LogP contribution in [-0.2, 0) is 10.0 Å². The Labute approximate surface area is 134 Å². The van der Waals surface area contributed by atoms with Crippen LogP contribution in [0, 0.1) is 6.92 Å². The summed E-state index contributed by atoms with van der Waals surface area (Å²) in [5, 5.41) is 5.29. The molecule has 0 saturated carbocycles. The normalized spacial score (nSPS) is 13.4. The summed E-state index contributed by atoms with van der Waals surface area (Å²) in [4.78, 5) is 5.31. The molecule has 2 aromatic rings. The Morgan fingerprint density at radius 3 is 2.70 bits per heavy atom. The number of aryl methyl sites for hydroxylation is 1.